The number of hydrogen-bond acceptors (Lipinski definition) is 7. The molecular formula is C18H14N4O3S. The van der Waals surface area contributed by atoms with Crippen molar-refractivity contribution in [2.24, 2.45) is 0 Å². The zero-order chi connectivity index (χ0) is 17.9. The van der Waals surface area contributed by atoms with Crippen molar-refractivity contribution in [3.05, 3.63) is 70.5 Å². The Morgan fingerprint density at radius 2 is 2.12 bits per heavy atom. The van der Waals surface area contributed by atoms with Gasteiger partial charge in [-0.1, -0.05) is 23.4 Å². The lowest BCUT2D eigenvalue weighted by Gasteiger charge is -2.05. The fourth-order valence-corrected chi connectivity index (χ4v) is 3.10. The number of aromatic nitrogens is 4. The van der Waals surface area contributed by atoms with Gasteiger partial charge in [-0.2, -0.15) is 21.4 Å². The van der Waals surface area contributed by atoms with Gasteiger partial charge in [-0.05, 0) is 30.5 Å². The summed E-state index contributed by atoms with van der Waals surface area (Å²) in [6.45, 7) is 1.73. The van der Waals surface area contributed by atoms with E-state index < -0.39 is 5.97 Å². The molecule has 0 saturated carbocycles. The number of rotatable bonds is 5. The number of carbonyl (C=O) groups excluding carboxylic acids is 1. The highest BCUT2D eigenvalue weighted by Crippen LogP contribution is 2.19. The number of nitrogens with zero attached hydrogens (tertiary/aromatic N) is 4. The molecule has 0 N–H and O–H groups in total. The first-order valence-corrected chi connectivity index (χ1v) is 8.79. The summed E-state index contributed by atoms with van der Waals surface area (Å²) in [6.07, 6.45) is 1.50. The lowest BCUT2D eigenvalue weighted by molar-refractivity contribution is 0.0429. The normalized spacial score (nSPS) is 10.8. The molecule has 0 atom stereocenters. The van der Waals surface area contributed by atoms with Crippen LogP contribution in [-0.4, -0.2) is 25.9 Å². The molecule has 0 aliphatic heterocycles. The number of para-hydroxylation sites is 1. The summed E-state index contributed by atoms with van der Waals surface area (Å²) in [4.78, 5) is 16.6. The molecule has 0 fully saturated rings. The van der Waals surface area contributed by atoms with Crippen molar-refractivity contribution in [1.82, 2.24) is 19.9 Å². The van der Waals surface area contributed by atoms with Crippen molar-refractivity contribution >= 4 is 17.3 Å². The van der Waals surface area contributed by atoms with Crippen LogP contribution >= 0.6 is 11.3 Å². The Morgan fingerprint density at radius 1 is 1.27 bits per heavy atom. The van der Waals surface area contributed by atoms with E-state index in [0.717, 1.165) is 11.3 Å². The van der Waals surface area contributed by atoms with E-state index in [4.69, 9.17) is 9.26 Å². The molecule has 7 nitrogen and oxygen atoms in total. The van der Waals surface area contributed by atoms with Crippen LogP contribution in [0.5, 0.6) is 0 Å². The third-order valence-corrected chi connectivity index (χ3v) is 4.49. The van der Waals surface area contributed by atoms with Crippen LogP contribution in [0.15, 0.2) is 57.9 Å². The molecule has 0 radical (unpaired) electrons. The highest BCUT2D eigenvalue weighted by Gasteiger charge is 2.18. The fourth-order valence-electron chi connectivity index (χ4n) is 2.47. The molecule has 0 saturated heterocycles. The van der Waals surface area contributed by atoms with Gasteiger partial charge in [0.05, 0.1) is 17.6 Å². The number of benzene rings is 1. The summed E-state index contributed by atoms with van der Waals surface area (Å²) in [5.41, 5.74) is 2.84. The molecule has 0 aliphatic carbocycles. The van der Waals surface area contributed by atoms with E-state index in [1.54, 1.807) is 16.0 Å². The van der Waals surface area contributed by atoms with Gasteiger partial charge < -0.3 is 9.26 Å². The lowest BCUT2D eigenvalue weighted by atomic mass is 10.2. The molecule has 0 bridgehead atoms. The average Bonchev–Trinajstić information content (AvgIpc) is 3.41. The van der Waals surface area contributed by atoms with Gasteiger partial charge in [0.15, 0.2) is 6.61 Å². The number of ether oxygens (including phenoxy) is 1. The standard InChI is InChI=1S/C18H14N4O3S/c1-12-15(9-19-22(12)14-5-3-2-4-6-14)18(23)24-10-16-20-17(21-25-16)13-7-8-26-11-13/h2-9,11H,10H2,1H3. The number of carbonyl (C=O) groups is 1. The lowest BCUT2D eigenvalue weighted by Crippen LogP contribution is -2.07. The zero-order valence-electron chi connectivity index (χ0n) is 13.8. The molecule has 1 aromatic carbocycles. The van der Waals surface area contributed by atoms with E-state index in [2.05, 4.69) is 15.2 Å². The topological polar surface area (TPSA) is 83.0 Å². The van der Waals surface area contributed by atoms with Crippen molar-refractivity contribution in [2.75, 3.05) is 0 Å². The second-order valence-electron chi connectivity index (χ2n) is 5.49. The van der Waals surface area contributed by atoms with Gasteiger partial charge in [-0.25, -0.2) is 9.48 Å². The van der Waals surface area contributed by atoms with Gasteiger partial charge in [0.1, 0.15) is 5.56 Å². The summed E-state index contributed by atoms with van der Waals surface area (Å²) >= 11 is 1.54. The van der Waals surface area contributed by atoms with Crippen molar-refractivity contribution in [2.45, 2.75) is 13.5 Å². The Labute approximate surface area is 152 Å². The zero-order valence-corrected chi connectivity index (χ0v) is 14.6. The van der Waals surface area contributed by atoms with Crippen molar-refractivity contribution in [3.8, 4) is 17.1 Å². The molecular weight excluding hydrogens is 352 g/mol. The van der Waals surface area contributed by atoms with Crippen LogP contribution in [0.3, 0.4) is 0 Å². The molecule has 3 aromatic heterocycles. The summed E-state index contributed by atoms with van der Waals surface area (Å²) in [5, 5.41) is 12.0. The molecule has 0 unspecified atom stereocenters. The van der Waals surface area contributed by atoms with Crippen LogP contribution in [0.25, 0.3) is 17.1 Å². The SMILES string of the molecule is Cc1c(C(=O)OCc2nc(-c3ccsc3)no2)cnn1-c1ccccc1. The fraction of sp³-hybridized carbons (Fsp3) is 0.111. The average molecular weight is 366 g/mol. The van der Waals surface area contributed by atoms with Crippen LogP contribution in [0, 0.1) is 6.92 Å². The Hall–Kier alpha value is -3.26. The van der Waals surface area contributed by atoms with Crippen LogP contribution in [0.4, 0.5) is 0 Å². The van der Waals surface area contributed by atoms with E-state index in [1.807, 2.05) is 54.1 Å². The molecule has 130 valence electrons. The third kappa shape index (κ3) is 3.14. The van der Waals surface area contributed by atoms with Crippen LogP contribution in [0.1, 0.15) is 21.9 Å². The minimum absolute atomic E-state index is 0.0913. The Kier molecular flexibility index (Phi) is 4.32. The van der Waals surface area contributed by atoms with Crippen molar-refractivity contribution < 1.29 is 14.1 Å². The maximum absolute atomic E-state index is 12.4. The Morgan fingerprint density at radius 3 is 2.88 bits per heavy atom. The highest BCUT2D eigenvalue weighted by molar-refractivity contribution is 7.08. The Bertz CT molecular complexity index is 1020. The van der Waals surface area contributed by atoms with E-state index in [1.165, 1.54) is 6.20 Å². The monoisotopic (exact) mass is 366 g/mol. The molecule has 3 heterocycles. The summed E-state index contributed by atoms with van der Waals surface area (Å²) in [7, 11) is 0. The quantitative estimate of drug-likeness (QED) is 0.501. The maximum atomic E-state index is 12.4. The smallest absolute Gasteiger partial charge is 0.342 e. The number of esters is 1. The highest BCUT2D eigenvalue weighted by atomic mass is 32.1. The molecule has 8 heteroatoms. The van der Waals surface area contributed by atoms with Gasteiger partial charge in [0, 0.05) is 10.9 Å². The third-order valence-electron chi connectivity index (χ3n) is 3.80. The molecule has 4 aromatic rings. The minimum atomic E-state index is -0.486. The molecule has 0 spiro atoms. The predicted octanol–water partition coefficient (Wildman–Crippen LogP) is 3.65. The summed E-state index contributed by atoms with van der Waals surface area (Å²) in [5.74, 6) is 0.234. The van der Waals surface area contributed by atoms with Gasteiger partial charge in [-0.15, -0.1) is 0 Å². The molecule has 4 rings (SSSR count). The summed E-state index contributed by atoms with van der Waals surface area (Å²) in [6, 6.07) is 11.5. The first kappa shape index (κ1) is 16.2. The molecule has 26 heavy (non-hydrogen) atoms. The number of hydrogen-bond donors (Lipinski definition) is 0. The van der Waals surface area contributed by atoms with E-state index in [-0.39, 0.29) is 12.5 Å². The molecule has 0 amide bonds. The van der Waals surface area contributed by atoms with Crippen LogP contribution in [0.2, 0.25) is 0 Å². The van der Waals surface area contributed by atoms with Crippen molar-refractivity contribution in [1.29, 1.82) is 0 Å². The molecule has 0 aliphatic rings. The second kappa shape index (κ2) is 6.93. The van der Waals surface area contributed by atoms with Gasteiger partial charge in [-0.3, -0.25) is 0 Å². The van der Waals surface area contributed by atoms with E-state index in [9.17, 15) is 4.79 Å². The van der Waals surface area contributed by atoms with E-state index >= 15 is 0 Å². The van der Waals surface area contributed by atoms with Gasteiger partial charge in [0.2, 0.25) is 5.82 Å². The largest absolute Gasteiger partial charge is 0.452 e. The van der Waals surface area contributed by atoms with E-state index in [0.29, 0.717) is 17.1 Å². The van der Waals surface area contributed by atoms with Gasteiger partial charge in [0.25, 0.3) is 5.89 Å². The van der Waals surface area contributed by atoms with Crippen LogP contribution in [-0.2, 0) is 11.3 Å². The first-order chi connectivity index (χ1) is 12.7. The van der Waals surface area contributed by atoms with Crippen LogP contribution < -0.4 is 0 Å². The summed E-state index contributed by atoms with van der Waals surface area (Å²) < 4.78 is 12.1. The van der Waals surface area contributed by atoms with Gasteiger partial charge >= 0.3 is 5.97 Å². The Balaban J connectivity index is 1.45. The second-order valence-corrected chi connectivity index (χ2v) is 6.27. The minimum Gasteiger partial charge on any atom is -0.452 e. The first-order valence-electron chi connectivity index (χ1n) is 7.84. The van der Waals surface area contributed by atoms with Crippen molar-refractivity contribution in [3.63, 3.8) is 0 Å². The number of thiophene rings is 1. The maximum Gasteiger partial charge on any atom is 0.342 e. The predicted molar refractivity (Wildman–Crippen MR) is 95.0 cm³/mol.